The van der Waals surface area contributed by atoms with Gasteiger partial charge in [0, 0.05) is 6.20 Å². The van der Waals surface area contributed by atoms with E-state index in [1.807, 2.05) is 39.8 Å². The molecule has 7 heteroatoms. The summed E-state index contributed by atoms with van der Waals surface area (Å²) in [5, 5.41) is 9.33. The molecule has 2 rings (SSSR count). The highest BCUT2D eigenvalue weighted by Crippen LogP contribution is 2.29. The van der Waals surface area contributed by atoms with Gasteiger partial charge in [0.2, 0.25) is 5.88 Å². The first-order valence-electron chi connectivity index (χ1n) is 8.50. The summed E-state index contributed by atoms with van der Waals surface area (Å²) in [6.45, 7) is 9.47. The van der Waals surface area contributed by atoms with Gasteiger partial charge in [0.05, 0.1) is 18.8 Å². The number of pyridine rings is 1. The lowest BCUT2D eigenvalue weighted by Gasteiger charge is -2.10. The third kappa shape index (κ3) is 4.33. The van der Waals surface area contributed by atoms with Crippen LogP contribution in [0.5, 0.6) is 11.6 Å². The number of carbonyl (C=O) groups is 1. The molecule has 26 heavy (non-hydrogen) atoms. The van der Waals surface area contributed by atoms with E-state index in [0.29, 0.717) is 23.0 Å². The second-order valence-corrected chi connectivity index (χ2v) is 6.09. The number of aromatic nitrogens is 2. The van der Waals surface area contributed by atoms with Crippen molar-refractivity contribution in [2.45, 2.75) is 46.8 Å². The topological polar surface area (TPSA) is 85.9 Å². The van der Waals surface area contributed by atoms with Gasteiger partial charge in [0.25, 0.3) is 0 Å². The molecule has 0 atom stereocenters. The Labute approximate surface area is 152 Å². The fourth-order valence-electron chi connectivity index (χ4n) is 2.31. The van der Waals surface area contributed by atoms with E-state index in [0.717, 1.165) is 0 Å². The van der Waals surface area contributed by atoms with Gasteiger partial charge >= 0.3 is 5.97 Å². The van der Waals surface area contributed by atoms with Crippen LogP contribution in [0.3, 0.4) is 0 Å². The van der Waals surface area contributed by atoms with E-state index in [1.165, 1.54) is 6.08 Å². The van der Waals surface area contributed by atoms with E-state index >= 15 is 0 Å². The second-order valence-electron chi connectivity index (χ2n) is 6.09. The molecule has 2 heterocycles. The minimum atomic E-state index is -0.685. The third-order valence-corrected chi connectivity index (χ3v) is 3.22. The van der Waals surface area contributed by atoms with Crippen LogP contribution in [0.25, 0.3) is 11.7 Å². The Hall–Kier alpha value is -3.01. The minimum absolute atomic E-state index is 0.0273. The molecule has 138 valence electrons. The van der Waals surface area contributed by atoms with Crippen LogP contribution in [0.1, 0.15) is 40.3 Å². The summed E-state index contributed by atoms with van der Waals surface area (Å²) in [5.41, 5.74) is 0.897. The second kappa shape index (κ2) is 8.39. The average Bonchev–Trinajstić information content (AvgIpc) is 2.90. The van der Waals surface area contributed by atoms with Gasteiger partial charge in [-0.3, -0.25) is 4.40 Å². The number of hydrogen-bond acceptors (Lipinski definition) is 6. The highest BCUT2D eigenvalue weighted by atomic mass is 16.5. The maximum absolute atomic E-state index is 12.0. The van der Waals surface area contributed by atoms with E-state index in [1.54, 1.807) is 23.6 Å². The molecule has 7 nitrogen and oxygen atoms in total. The van der Waals surface area contributed by atoms with Gasteiger partial charge in [0.15, 0.2) is 11.4 Å². The van der Waals surface area contributed by atoms with Gasteiger partial charge in [-0.15, -0.1) is 0 Å². The third-order valence-electron chi connectivity index (χ3n) is 3.22. The lowest BCUT2D eigenvalue weighted by Crippen LogP contribution is -2.08. The maximum atomic E-state index is 12.0. The van der Waals surface area contributed by atoms with Crippen LogP contribution in [0.4, 0.5) is 0 Å². The van der Waals surface area contributed by atoms with Crippen LogP contribution >= 0.6 is 0 Å². The molecule has 0 N–H and O–H groups in total. The van der Waals surface area contributed by atoms with Crippen molar-refractivity contribution in [1.29, 1.82) is 5.26 Å². The molecule has 0 unspecified atom stereocenters. The number of ether oxygens (including phenoxy) is 3. The molecule has 0 aliphatic rings. The fourth-order valence-corrected chi connectivity index (χ4v) is 2.31. The van der Waals surface area contributed by atoms with Crippen LogP contribution < -0.4 is 9.47 Å². The van der Waals surface area contributed by atoms with E-state index < -0.39 is 5.97 Å². The molecule has 0 bridgehead atoms. The molecule has 0 saturated carbocycles. The molecule has 0 saturated heterocycles. The lowest BCUT2D eigenvalue weighted by atomic mass is 10.2. The maximum Gasteiger partial charge on any atom is 0.348 e. The monoisotopic (exact) mass is 357 g/mol. The summed E-state index contributed by atoms with van der Waals surface area (Å²) in [6.07, 6.45) is 3.04. The first kappa shape index (κ1) is 19.3. The summed E-state index contributed by atoms with van der Waals surface area (Å²) in [5.74, 6) is 0.220. The zero-order chi connectivity index (χ0) is 19.3. The molecule has 0 radical (unpaired) electrons. The summed E-state index contributed by atoms with van der Waals surface area (Å²) >= 11 is 0. The highest BCUT2D eigenvalue weighted by molar-refractivity contribution is 5.98. The molecule has 0 amide bonds. The molecule has 0 aromatic carbocycles. The Kier molecular flexibility index (Phi) is 6.23. The molecule has 0 aliphatic carbocycles. The van der Waals surface area contributed by atoms with Crippen molar-refractivity contribution in [1.82, 2.24) is 9.38 Å². The Balaban J connectivity index is 2.65. The van der Waals surface area contributed by atoms with Gasteiger partial charge in [-0.05, 0) is 52.8 Å². The van der Waals surface area contributed by atoms with Crippen molar-refractivity contribution in [3.05, 3.63) is 29.6 Å². The summed E-state index contributed by atoms with van der Waals surface area (Å²) in [6, 6.07) is 5.49. The Morgan fingerprint density at radius 1 is 1.31 bits per heavy atom. The van der Waals surface area contributed by atoms with Gasteiger partial charge < -0.3 is 14.2 Å². The summed E-state index contributed by atoms with van der Waals surface area (Å²) in [4.78, 5) is 16.5. The van der Waals surface area contributed by atoms with Crippen molar-refractivity contribution in [3.8, 4) is 17.7 Å². The van der Waals surface area contributed by atoms with Crippen molar-refractivity contribution in [3.63, 3.8) is 0 Å². The number of imidazole rings is 1. The quantitative estimate of drug-likeness (QED) is 0.429. The normalized spacial score (nSPS) is 11.7. The van der Waals surface area contributed by atoms with Crippen LogP contribution in [0.2, 0.25) is 0 Å². The molecule has 2 aromatic heterocycles. The smallest absolute Gasteiger partial charge is 0.348 e. The first-order valence-corrected chi connectivity index (χ1v) is 8.50. The van der Waals surface area contributed by atoms with E-state index in [2.05, 4.69) is 4.98 Å². The van der Waals surface area contributed by atoms with Crippen LogP contribution in [0, 0.1) is 11.3 Å². The predicted octanol–water partition coefficient (Wildman–Crippen LogP) is 3.38. The number of hydrogen-bond donors (Lipinski definition) is 0. The summed E-state index contributed by atoms with van der Waals surface area (Å²) < 4.78 is 18.2. The lowest BCUT2D eigenvalue weighted by molar-refractivity contribution is -0.137. The SMILES string of the molecule is CCOC(=O)C(C#N)=Cc1c(OC(C)C)nc2c(OC(C)C)cccn12. The molecule has 2 aromatic rings. The molecule has 0 spiro atoms. The Bertz CT molecular complexity index is 860. The molecular weight excluding hydrogens is 334 g/mol. The van der Waals surface area contributed by atoms with Crippen molar-refractivity contribution >= 4 is 17.7 Å². The summed E-state index contributed by atoms with van der Waals surface area (Å²) in [7, 11) is 0. The number of esters is 1. The van der Waals surface area contributed by atoms with Crippen molar-refractivity contribution < 1.29 is 19.0 Å². The van der Waals surface area contributed by atoms with Gasteiger partial charge in [0.1, 0.15) is 17.3 Å². The Morgan fingerprint density at radius 2 is 2.00 bits per heavy atom. The number of nitrogens with zero attached hydrogens (tertiary/aromatic N) is 3. The number of carbonyl (C=O) groups excluding carboxylic acids is 1. The van der Waals surface area contributed by atoms with Gasteiger partial charge in [-0.2, -0.15) is 10.2 Å². The molecular formula is C19H23N3O4. The van der Waals surface area contributed by atoms with E-state index in [9.17, 15) is 10.1 Å². The number of fused-ring (bicyclic) bond motifs is 1. The first-order chi connectivity index (χ1) is 12.4. The number of rotatable bonds is 7. The van der Waals surface area contributed by atoms with Crippen LogP contribution in [-0.2, 0) is 9.53 Å². The van der Waals surface area contributed by atoms with Crippen LogP contribution in [-0.4, -0.2) is 34.2 Å². The van der Waals surface area contributed by atoms with Gasteiger partial charge in [-0.1, -0.05) is 0 Å². The zero-order valence-electron chi connectivity index (χ0n) is 15.6. The molecule has 0 fully saturated rings. The Morgan fingerprint density at radius 3 is 2.58 bits per heavy atom. The number of nitriles is 1. The fraction of sp³-hybridized carbons (Fsp3) is 0.421. The predicted molar refractivity (Wildman–Crippen MR) is 96.9 cm³/mol. The minimum Gasteiger partial charge on any atom is -0.487 e. The standard InChI is InChI=1S/C19H23N3O4/c1-6-24-19(23)14(11-20)10-15-18(26-13(4)5)21-17-16(25-12(2)3)8-7-9-22(15)17/h7-10,12-13H,6H2,1-5H3. The molecule has 0 aliphatic heterocycles. The largest absolute Gasteiger partial charge is 0.487 e. The van der Waals surface area contributed by atoms with Gasteiger partial charge in [-0.25, -0.2) is 4.79 Å². The van der Waals surface area contributed by atoms with Crippen molar-refractivity contribution in [2.24, 2.45) is 0 Å². The van der Waals surface area contributed by atoms with Crippen LogP contribution in [0.15, 0.2) is 23.9 Å². The van der Waals surface area contributed by atoms with E-state index in [4.69, 9.17) is 14.2 Å². The highest BCUT2D eigenvalue weighted by Gasteiger charge is 2.19. The van der Waals surface area contributed by atoms with Crippen molar-refractivity contribution in [2.75, 3.05) is 6.61 Å². The zero-order valence-corrected chi connectivity index (χ0v) is 15.6. The van der Waals surface area contributed by atoms with E-state index in [-0.39, 0.29) is 24.4 Å². The average molecular weight is 357 g/mol.